The molecule has 3 rings (SSSR count). The van der Waals surface area contributed by atoms with Crippen molar-refractivity contribution in [3.63, 3.8) is 0 Å². The average Bonchev–Trinajstić information content (AvgIpc) is 2.96. The smallest absolute Gasteiger partial charge is 0.248 e. The Morgan fingerprint density at radius 1 is 1.05 bits per heavy atom. The Morgan fingerprint density at radius 2 is 1.81 bits per heavy atom. The summed E-state index contributed by atoms with van der Waals surface area (Å²) in [7, 11) is 0. The van der Waals surface area contributed by atoms with E-state index in [1.54, 1.807) is 0 Å². The van der Waals surface area contributed by atoms with E-state index in [1.807, 2.05) is 48.5 Å². The van der Waals surface area contributed by atoms with Crippen LogP contribution in [0.2, 0.25) is 5.02 Å². The highest BCUT2D eigenvalue weighted by molar-refractivity contribution is 9.10. The SMILES string of the molecule is Clc1ccccc1NCc1nnc(-c2ccccc2Br)o1. The molecule has 0 amide bonds. The van der Waals surface area contributed by atoms with Crippen molar-refractivity contribution in [3.05, 3.63) is 63.9 Å². The summed E-state index contributed by atoms with van der Waals surface area (Å²) in [6.45, 7) is 0.418. The van der Waals surface area contributed by atoms with Crippen LogP contribution in [0.15, 0.2) is 57.4 Å². The largest absolute Gasteiger partial charge is 0.419 e. The summed E-state index contributed by atoms with van der Waals surface area (Å²) in [5, 5.41) is 11.9. The molecule has 6 heteroatoms. The number of nitrogens with zero attached hydrogens (tertiary/aromatic N) is 2. The topological polar surface area (TPSA) is 51.0 Å². The van der Waals surface area contributed by atoms with Gasteiger partial charge in [-0.3, -0.25) is 0 Å². The molecule has 0 fully saturated rings. The molecule has 106 valence electrons. The van der Waals surface area contributed by atoms with Gasteiger partial charge in [-0.2, -0.15) is 0 Å². The van der Waals surface area contributed by atoms with Gasteiger partial charge in [-0.15, -0.1) is 10.2 Å². The van der Waals surface area contributed by atoms with Crippen LogP contribution in [0.25, 0.3) is 11.5 Å². The number of anilines is 1. The molecule has 1 aromatic heterocycles. The molecule has 0 radical (unpaired) electrons. The lowest BCUT2D eigenvalue weighted by Gasteiger charge is -2.04. The minimum absolute atomic E-state index is 0.418. The van der Waals surface area contributed by atoms with Crippen LogP contribution in [0.5, 0.6) is 0 Å². The Bertz CT molecular complexity index is 760. The summed E-state index contributed by atoms with van der Waals surface area (Å²) in [6, 6.07) is 15.2. The molecule has 0 aliphatic carbocycles. The van der Waals surface area contributed by atoms with E-state index in [2.05, 4.69) is 31.4 Å². The molecule has 3 aromatic rings. The zero-order chi connectivity index (χ0) is 14.7. The van der Waals surface area contributed by atoms with Gasteiger partial charge in [0, 0.05) is 4.47 Å². The minimum atomic E-state index is 0.418. The molecular weight excluding hydrogens is 354 g/mol. The molecule has 0 unspecified atom stereocenters. The first-order valence-corrected chi connectivity index (χ1v) is 7.47. The Kier molecular flexibility index (Phi) is 4.22. The Labute approximate surface area is 135 Å². The zero-order valence-electron chi connectivity index (χ0n) is 10.9. The molecule has 1 N–H and O–H groups in total. The van der Waals surface area contributed by atoms with E-state index in [-0.39, 0.29) is 0 Å². The fourth-order valence-corrected chi connectivity index (χ4v) is 2.50. The Morgan fingerprint density at radius 3 is 2.62 bits per heavy atom. The Hall–Kier alpha value is -1.85. The predicted octanol–water partition coefficient (Wildman–Crippen LogP) is 4.76. The molecule has 2 aromatic carbocycles. The molecule has 21 heavy (non-hydrogen) atoms. The first kappa shape index (κ1) is 14.1. The van der Waals surface area contributed by atoms with Crippen LogP contribution in [0.1, 0.15) is 5.89 Å². The molecular formula is C15H11BrClN3O. The number of nitrogens with one attached hydrogen (secondary N) is 1. The third kappa shape index (κ3) is 3.25. The first-order valence-electron chi connectivity index (χ1n) is 6.30. The lowest BCUT2D eigenvalue weighted by molar-refractivity contribution is 0.515. The molecule has 1 heterocycles. The van der Waals surface area contributed by atoms with Crippen LogP contribution in [-0.4, -0.2) is 10.2 Å². The van der Waals surface area contributed by atoms with Gasteiger partial charge in [-0.05, 0) is 40.2 Å². The maximum atomic E-state index is 6.08. The van der Waals surface area contributed by atoms with E-state index >= 15 is 0 Å². The second-order valence-electron chi connectivity index (χ2n) is 4.31. The average molecular weight is 365 g/mol. The van der Waals surface area contributed by atoms with Crippen LogP contribution in [0.3, 0.4) is 0 Å². The molecule has 0 atom stereocenters. The third-order valence-electron chi connectivity index (χ3n) is 2.88. The summed E-state index contributed by atoms with van der Waals surface area (Å²) in [5.41, 5.74) is 1.70. The van der Waals surface area contributed by atoms with Gasteiger partial charge in [0.15, 0.2) is 0 Å². The quantitative estimate of drug-likeness (QED) is 0.725. The molecule has 0 saturated carbocycles. The number of para-hydroxylation sites is 1. The molecule has 0 bridgehead atoms. The van der Waals surface area contributed by atoms with Gasteiger partial charge in [0.2, 0.25) is 11.8 Å². The number of rotatable bonds is 4. The van der Waals surface area contributed by atoms with E-state index in [0.29, 0.717) is 23.3 Å². The van der Waals surface area contributed by atoms with E-state index in [9.17, 15) is 0 Å². The van der Waals surface area contributed by atoms with Gasteiger partial charge in [0.05, 0.1) is 22.8 Å². The fraction of sp³-hybridized carbons (Fsp3) is 0.0667. The predicted molar refractivity (Wildman–Crippen MR) is 86.2 cm³/mol. The van der Waals surface area contributed by atoms with Gasteiger partial charge in [0.1, 0.15) is 0 Å². The van der Waals surface area contributed by atoms with Crippen molar-refractivity contribution in [2.24, 2.45) is 0 Å². The van der Waals surface area contributed by atoms with Gasteiger partial charge in [-0.1, -0.05) is 35.9 Å². The zero-order valence-corrected chi connectivity index (χ0v) is 13.2. The summed E-state index contributed by atoms with van der Waals surface area (Å²) in [6.07, 6.45) is 0. The second-order valence-corrected chi connectivity index (χ2v) is 5.58. The summed E-state index contributed by atoms with van der Waals surface area (Å²) < 4.78 is 6.57. The molecule has 0 aliphatic rings. The van der Waals surface area contributed by atoms with Gasteiger partial charge >= 0.3 is 0 Å². The standard InChI is InChI=1S/C15H11BrClN3O/c16-11-6-2-1-5-10(11)15-20-19-14(21-15)9-18-13-8-4-3-7-12(13)17/h1-8,18H,9H2. The van der Waals surface area contributed by atoms with Crippen LogP contribution in [0, 0.1) is 0 Å². The normalized spacial score (nSPS) is 10.6. The van der Waals surface area contributed by atoms with Crippen LogP contribution < -0.4 is 5.32 Å². The highest BCUT2D eigenvalue weighted by Crippen LogP contribution is 2.27. The monoisotopic (exact) mass is 363 g/mol. The van der Waals surface area contributed by atoms with Crippen LogP contribution in [-0.2, 0) is 6.54 Å². The highest BCUT2D eigenvalue weighted by Gasteiger charge is 2.11. The van der Waals surface area contributed by atoms with Crippen LogP contribution >= 0.6 is 27.5 Å². The van der Waals surface area contributed by atoms with Gasteiger partial charge < -0.3 is 9.73 Å². The van der Waals surface area contributed by atoms with E-state index in [4.69, 9.17) is 16.0 Å². The maximum Gasteiger partial charge on any atom is 0.248 e. The number of halogens is 2. The lowest BCUT2D eigenvalue weighted by Crippen LogP contribution is -1.99. The maximum absolute atomic E-state index is 6.08. The number of aromatic nitrogens is 2. The molecule has 0 spiro atoms. The van der Waals surface area contributed by atoms with Crippen molar-refractivity contribution in [2.75, 3.05) is 5.32 Å². The first-order chi connectivity index (χ1) is 10.2. The molecule has 0 aliphatic heterocycles. The number of benzene rings is 2. The molecule has 4 nitrogen and oxygen atoms in total. The number of hydrogen-bond acceptors (Lipinski definition) is 4. The lowest BCUT2D eigenvalue weighted by atomic mass is 10.2. The van der Waals surface area contributed by atoms with Gasteiger partial charge in [-0.25, -0.2) is 0 Å². The van der Waals surface area contributed by atoms with E-state index in [1.165, 1.54) is 0 Å². The van der Waals surface area contributed by atoms with Crippen molar-refractivity contribution < 1.29 is 4.42 Å². The van der Waals surface area contributed by atoms with Crippen molar-refractivity contribution in [1.82, 2.24) is 10.2 Å². The minimum Gasteiger partial charge on any atom is -0.419 e. The van der Waals surface area contributed by atoms with E-state index < -0.39 is 0 Å². The highest BCUT2D eigenvalue weighted by atomic mass is 79.9. The summed E-state index contributed by atoms with van der Waals surface area (Å²) >= 11 is 9.54. The second kappa shape index (κ2) is 6.28. The number of hydrogen-bond donors (Lipinski definition) is 1. The van der Waals surface area contributed by atoms with Crippen molar-refractivity contribution in [2.45, 2.75) is 6.54 Å². The van der Waals surface area contributed by atoms with Crippen molar-refractivity contribution in [3.8, 4) is 11.5 Å². The third-order valence-corrected chi connectivity index (χ3v) is 3.90. The van der Waals surface area contributed by atoms with E-state index in [0.717, 1.165) is 15.7 Å². The molecule has 0 saturated heterocycles. The van der Waals surface area contributed by atoms with Gasteiger partial charge in [0.25, 0.3) is 0 Å². The van der Waals surface area contributed by atoms with Crippen LogP contribution in [0.4, 0.5) is 5.69 Å². The van der Waals surface area contributed by atoms with Crippen molar-refractivity contribution >= 4 is 33.2 Å². The fourth-order valence-electron chi connectivity index (χ4n) is 1.84. The summed E-state index contributed by atoms with van der Waals surface area (Å²) in [5.74, 6) is 0.985. The summed E-state index contributed by atoms with van der Waals surface area (Å²) in [4.78, 5) is 0. The van der Waals surface area contributed by atoms with Crippen molar-refractivity contribution in [1.29, 1.82) is 0 Å². The Balaban J connectivity index is 1.74.